The van der Waals surface area contributed by atoms with Crippen LogP contribution in [0.1, 0.15) is 23.2 Å². The van der Waals surface area contributed by atoms with Crippen molar-refractivity contribution < 1.29 is 19.0 Å². The summed E-state index contributed by atoms with van der Waals surface area (Å²) in [5.41, 5.74) is -0.0670. The van der Waals surface area contributed by atoms with Crippen LogP contribution in [-0.2, 0) is 4.74 Å². The number of carbonyl (C=O) groups is 1. The SMILES string of the molecule is O=C(NC[C@H]1CN(C2CC2)CCO1)c1ccc(O)cc1F. The quantitative estimate of drug-likeness (QED) is 0.874. The lowest BCUT2D eigenvalue weighted by atomic mass is 10.2. The number of nitrogens with zero attached hydrogens (tertiary/aromatic N) is 1. The van der Waals surface area contributed by atoms with Gasteiger partial charge in [0, 0.05) is 31.7 Å². The monoisotopic (exact) mass is 294 g/mol. The Morgan fingerprint density at radius 2 is 2.29 bits per heavy atom. The van der Waals surface area contributed by atoms with Gasteiger partial charge in [-0.3, -0.25) is 9.69 Å². The van der Waals surface area contributed by atoms with Crippen molar-refractivity contribution in [1.29, 1.82) is 0 Å². The van der Waals surface area contributed by atoms with E-state index in [-0.39, 0.29) is 17.4 Å². The van der Waals surface area contributed by atoms with Gasteiger partial charge in [0.25, 0.3) is 5.91 Å². The van der Waals surface area contributed by atoms with Gasteiger partial charge in [0.05, 0.1) is 18.3 Å². The summed E-state index contributed by atoms with van der Waals surface area (Å²) in [6.07, 6.45) is 2.44. The molecule has 1 heterocycles. The highest BCUT2D eigenvalue weighted by Crippen LogP contribution is 2.28. The first kappa shape index (κ1) is 14.3. The zero-order chi connectivity index (χ0) is 14.8. The van der Waals surface area contributed by atoms with Gasteiger partial charge >= 0.3 is 0 Å². The van der Waals surface area contributed by atoms with Crippen LogP contribution in [0, 0.1) is 5.82 Å². The van der Waals surface area contributed by atoms with Crippen molar-refractivity contribution in [3.63, 3.8) is 0 Å². The van der Waals surface area contributed by atoms with Crippen LogP contribution in [0.15, 0.2) is 18.2 Å². The van der Waals surface area contributed by atoms with Crippen molar-refractivity contribution in [1.82, 2.24) is 10.2 Å². The number of carbonyl (C=O) groups excluding carboxylic acids is 1. The van der Waals surface area contributed by atoms with Gasteiger partial charge in [-0.05, 0) is 25.0 Å². The lowest BCUT2D eigenvalue weighted by Gasteiger charge is -2.33. The zero-order valence-corrected chi connectivity index (χ0v) is 11.7. The number of nitrogens with one attached hydrogen (secondary N) is 1. The molecule has 1 saturated heterocycles. The van der Waals surface area contributed by atoms with Crippen LogP contribution in [0.4, 0.5) is 4.39 Å². The van der Waals surface area contributed by atoms with E-state index in [2.05, 4.69) is 10.2 Å². The molecule has 1 aromatic carbocycles. The van der Waals surface area contributed by atoms with Crippen molar-refractivity contribution >= 4 is 5.91 Å². The molecule has 2 fully saturated rings. The van der Waals surface area contributed by atoms with Crippen LogP contribution in [0.5, 0.6) is 5.75 Å². The maximum absolute atomic E-state index is 13.6. The fraction of sp³-hybridized carbons (Fsp3) is 0.533. The summed E-state index contributed by atoms with van der Waals surface area (Å²) in [6, 6.07) is 4.19. The molecule has 1 saturated carbocycles. The number of hydrogen-bond acceptors (Lipinski definition) is 4. The topological polar surface area (TPSA) is 61.8 Å². The number of hydrogen-bond donors (Lipinski definition) is 2. The highest BCUT2D eigenvalue weighted by molar-refractivity contribution is 5.94. The molecule has 2 N–H and O–H groups in total. The number of halogens is 1. The number of aromatic hydroxyl groups is 1. The summed E-state index contributed by atoms with van der Waals surface area (Å²) in [4.78, 5) is 14.3. The minimum absolute atomic E-state index is 0.0523. The minimum Gasteiger partial charge on any atom is -0.508 e. The molecule has 1 aliphatic heterocycles. The summed E-state index contributed by atoms with van der Waals surface area (Å²) in [5, 5.41) is 11.8. The smallest absolute Gasteiger partial charge is 0.254 e. The molecule has 21 heavy (non-hydrogen) atoms. The Morgan fingerprint density at radius 3 is 3.00 bits per heavy atom. The molecule has 0 radical (unpaired) electrons. The number of morpholine rings is 1. The summed E-state index contributed by atoms with van der Waals surface area (Å²) in [7, 11) is 0. The van der Waals surface area contributed by atoms with Gasteiger partial charge < -0.3 is 15.2 Å². The van der Waals surface area contributed by atoms with E-state index in [1.165, 1.54) is 25.0 Å². The first-order chi connectivity index (χ1) is 10.1. The van der Waals surface area contributed by atoms with E-state index < -0.39 is 11.7 Å². The molecule has 0 aromatic heterocycles. The van der Waals surface area contributed by atoms with Gasteiger partial charge in [-0.15, -0.1) is 0 Å². The third-order valence-electron chi connectivity index (χ3n) is 3.92. The second-order valence-electron chi connectivity index (χ2n) is 5.59. The van der Waals surface area contributed by atoms with E-state index in [0.717, 1.165) is 19.2 Å². The number of rotatable bonds is 4. The lowest BCUT2D eigenvalue weighted by Crippen LogP contribution is -2.48. The fourth-order valence-corrected chi connectivity index (χ4v) is 2.63. The molecule has 1 atom stereocenters. The molecule has 6 heteroatoms. The van der Waals surface area contributed by atoms with Gasteiger partial charge in [0.1, 0.15) is 11.6 Å². The van der Waals surface area contributed by atoms with Crippen molar-refractivity contribution in [3.05, 3.63) is 29.6 Å². The third kappa shape index (κ3) is 3.51. The number of benzene rings is 1. The third-order valence-corrected chi connectivity index (χ3v) is 3.92. The van der Waals surface area contributed by atoms with E-state index in [4.69, 9.17) is 9.84 Å². The largest absolute Gasteiger partial charge is 0.508 e. The molecule has 0 unspecified atom stereocenters. The van der Waals surface area contributed by atoms with Crippen LogP contribution in [-0.4, -0.2) is 54.3 Å². The van der Waals surface area contributed by atoms with Crippen LogP contribution < -0.4 is 5.32 Å². The first-order valence-electron chi connectivity index (χ1n) is 7.26. The molecule has 5 nitrogen and oxygen atoms in total. The second kappa shape index (κ2) is 5.99. The number of amides is 1. The van der Waals surface area contributed by atoms with Crippen LogP contribution >= 0.6 is 0 Å². The molecule has 114 valence electrons. The Labute approximate surface area is 122 Å². The highest BCUT2D eigenvalue weighted by atomic mass is 19.1. The van der Waals surface area contributed by atoms with Crippen LogP contribution in [0.3, 0.4) is 0 Å². The molecular formula is C15H19FN2O3. The van der Waals surface area contributed by atoms with Crippen molar-refractivity contribution in [2.45, 2.75) is 25.0 Å². The average molecular weight is 294 g/mol. The Kier molecular flexibility index (Phi) is 4.07. The molecule has 0 bridgehead atoms. The zero-order valence-electron chi connectivity index (χ0n) is 11.7. The molecule has 1 aromatic rings. The van der Waals surface area contributed by atoms with Gasteiger partial charge in [0.2, 0.25) is 0 Å². The van der Waals surface area contributed by atoms with Gasteiger partial charge in [-0.2, -0.15) is 0 Å². The predicted octanol–water partition coefficient (Wildman–Crippen LogP) is 1.12. The molecule has 2 aliphatic rings. The van der Waals surface area contributed by atoms with E-state index in [1.54, 1.807) is 0 Å². The van der Waals surface area contributed by atoms with E-state index in [1.807, 2.05) is 0 Å². The van der Waals surface area contributed by atoms with Crippen molar-refractivity contribution in [3.8, 4) is 5.75 Å². The van der Waals surface area contributed by atoms with Gasteiger partial charge in [-0.25, -0.2) is 4.39 Å². The normalized spacial score (nSPS) is 23.0. The Hall–Kier alpha value is -1.66. The standard InChI is InChI=1S/C15H19FN2O3/c16-14-7-11(19)3-4-13(14)15(20)17-8-12-9-18(5-6-21-12)10-1-2-10/h3-4,7,10,12,19H,1-2,5-6,8-9H2,(H,17,20)/t12-/m0/s1. The number of phenolic OH excluding ortho intramolecular Hbond substituents is 1. The number of ether oxygens (including phenoxy) is 1. The summed E-state index contributed by atoms with van der Waals surface area (Å²) >= 11 is 0. The second-order valence-corrected chi connectivity index (χ2v) is 5.59. The van der Waals surface area contributed by atoms with Crippen molar-refractivity contribution in [2.75, 3.05) is 26.2 Å². The molecule has 3 rings (SSSR count). The summed E-state index contributed by atoms with van der Waals surface area (Å²) in [5.74, 6) is -1.41. The van der Waals surface area contributed by atoms with Crippen LogP contribution in [0.25, 0.3) is 0 Å². The lowest BCUT2D eigenvalue weighted by molar-refractivity contribution is -0.0293. The molecular weight excluding hydrogens is 275 g/mol. The Bertz CT molecular complexity index is 534. The highest BCUT2D eigenvalue weighted by Gasteiger charge is 2.33. The van der Waals surface area contributed by atoms with Crippen molar-refractivity contribution in [2.24, 2.45) is 0 Å². The molecule has 1 aliphatic carbocycles. The fourth-order valence-electron chi connectivity index (χ4n) is 2.63. The first-order valence-corrected chi connectivity index (χ1v) is 7.26. The van der Waals surface area contributed by atoms with E-state index in [0.29, 0.717) is 19.2 Å². The number of phenols is 1. The maximum Gasteiger partial charge on any atom is 0.254 e. The van der Waals surface area contributed by atoms with Crippen LogP contribution in [0.2, 0.25) is 0 Å². The minimum atomic E-state index is -0.725. The maximum atomic E-state index is 13.6. The van der Waals surface area contributed by atoms with E-state index >= 15 is 0 Å². The summed E-state index contributed by atoms with van der Waals surface area (Å²) in [6.45, 7) is 2.79. The predicted molar refractivity (Wildman–Crippen MR) is 74.7 cm³/mol. The molecule has 0 spiro atoms. The Balaban J connectivity index is 1.53. The Morgan fingerprint density at radius 1 is 1.48 bits per heavy atom. The van der Waals surface area contributed by atoms with Gasteiger partial charge in [0.15, 0.2) is 0 Å². The van der Waals surface area contributed by atoms with E-state index in [9.17, 15) is 9.18 Å². The molecule has 1 amide bonds. The average Bonchev–Trinajstić information content (AvgIpc) is 3.30. The van der Waals surface area contributed by atoms with Gasteiger partial charge in [-0.1, -0.05) is 0 Å². The summed E-state index contributed by atoms with van der Waals surface area (Å²) < 4.78 is 19.2.